The highest BCUT2D eigenvalue weighted by Crippen LogP contribution is 2.14. The van der Waals surface area contributed by atoms with E-state index in [1.54, 1.807) is 31.4 Å². The van der Waals surface area contributed by atoms with Crippen molar-refractivity contribution < 1.29 is 14.3 Å². The lowest BCUT2D eigenvalue weighted by Crippen LogP contribution is -2.32. The second-order valence-electron chi connectivity index (χ2n) is 5.88. The van der Waals surface area contributed by atoms with Crippen molar-refractivity contribution in [2.24, 2.45) is 0 Å². The predicted octanol–water partition coefficient (Wildman–Crippen LogP) is 2.35. The summed E-state index contributed by atoms with van der Waals surface area (Å²) in [6, 6.07) is 16.8. The molecule has 6 heteroatoms. The fourth-order valence-corrected chi connectivity index (χ4v) is 2.38. The molecule has 2 aromatic carbocycles. The van der Waals surface area contributed by atoms with Crippen molar-refractivity contribution >= 4 is 17.5 Å². The van der Waals surface area contributed by atoms with Crippen LogP contribution in [0.4, 0.5) is 5.69 Å². The maximum Gasteiger partial charge on any atom is 0.251 e. The van der Waals surface area contributed by atoms with Gasteiger partial charge in [-0.15, -0.1) is 0 Å². The summed E-state index contributed by atoms with van der Waals surface area (Å²) in [4.78, 5) is 24.0. The van der Waals surface area contributed by atoms with Crippen LogP contribution in [0.25, 0.3) is 0 Å². The first-order valence-corrected chi connectivity index (χ1v) is 8.55. The molecule has 138 valence electrons. The molecule has 6 nitrogen and oxygen atoms in total. The summed E-state index contributed by atoms with van der Waals surface area (Å²) < 4.78 is 4.87. The van der Waals surface area contributed by atoms with Crippen LogP contribution in [0, 0.1) is 0 Å². The molecule has 1 atom stereocenters. The highest BCUT2D eigenvalue weighted by Gasteiger charge is 2.11. The van der Waals surface area contributed by atoms with Crippen molar-refractivity contribution in [2.75, 3.05) is 32.1 Å². The summed E-state index contributed by atoms with van der Waals surface area (Å²) in [6.45, 7) is 3.08. The monoisotopic (exact) mass is 355 g/mol. The Kier molecular flexibility index (Phi) is 7.64. The molecule has 3 N–H and O–H groups in total. The number of methoxy groups -OCH3 is 1. The van der Waals surface area contributed by atoms with Crippen LogP contribution in [-0.2, 0) is 9.53 Å². The Labute approximate surface area is 153 Å². The maximum absolute atomic E-state index is 12.3. The van der Waals surface area contributed by atoms with Crippen molar-refractivity contribution in [1.29, 1.82) is 0 Å². The van der Waals surface area contributed by atoms with Gasteiger partial charge in [-0.2, -0.15) is 0 Å². The summed E-state index contributed by atoms with van der Waals surface area (Å²) in [5, 5.41) is 8.73. The first-order chi connectivity index (χ1) is 12.6. The summed E-state index contributed by atoms with van der Waals surface area (Å²) in [6.07, 6.45) is 0. The molecule has 0 bridgehead atoms. The van der Waals surface area contributed by atoms with Gasteiger partial charge in [0.2, 0.25) is 5.91 Å². The van der Waals surface area contributed by atoms with Gasteiger partial charge in [0.25, 0.3) is 5.91 Å². The summed E-state index contributed by atoms with van der Waals surface area (Å²) in [7, 11) is 1.59. The molecule has 26 heavy (non-hydrogen) atoms. The van der Waals surface area contributed by atoms with Crippen LogP contribution in [0.2, 0.25) is 0 Å². The van der Waals surface area contributed by atoms with Crippen molar-refractivity contribution in [3.05, 3.63) is 65.7 Å². The van der Waals surface area contributed by atoms with E-state index < -0.39 is 0 Å². The highest BCUT2D eigenvalue weighted by atomic mass is 16.5. The van der Waals surface area contributed by atoms with Gasteiger partial charge in [0, 0.05) is 24.9 Å². The number of carbonyl (C=O) groups is 2. The molecule has 0 aliphatic rings. The molecule has 0 aliphatic heterocycles. The van der Waals surface area contributed by atoms with Crippen LogP contribution in [-0.4, -0.2) is 38.6 Å². The number of benzene rings is 2. The van der Waals surface area contributed by atoms with E-state index in [1.807, 2.05) is 37.3 Å². The van der Waals surface area contributed by atoms with Crippen LogP contribution in [0.1, 0.15) is 28.9 Å². The number of hydrogen-bond donors (Lipinski definition) is 3. The number of rotatable bonds is 9. The van der Waals surface area contributed by atoms with E-state index >= 15 is 0 Å². The summed E-state index contributed by atoms with van der Waals surface area (Å²) in [5.41, 5.74) is 2.40. The lowest BCUT2D eigenvalue weighted by molar-refractivity contribution is -0.119. The van der Waals surface area contributed by atoms with Crippen LogP contribution >= 0.6 is 0 Å². The average Bonchev–Trinajstić information content (AvgIpc) is 2.67. The molecule has 2 amide bonds. The summed E-state index contributed by atoms with van der Waals surface area (Å²) in [5.74, 6) is -0.245. The third-order valence-corrected chi connectivity index (χ3v) is 3.88. The number of hydrogen-bond acceptors (Lipinski definition) is 4. The van der Waals surface area contributed by atoms with E-state index in [0.717, 1.165) is 11.3 Å². The van der Waals surface area contributed by atoms with Crippen molar-refractivity contribution in [2.45, 2.75) is 13.0 Å². The molecule has 1 unspecified atom stereocenters. The Hall–Kier alpha value is -2.86. The van der Waals surface area contributed by atoms with Crippen LogP contribution in [0.5, 0.6) is 0 Å². The number of ether oxygens (including phenoxy) is 1. The normalized spacial score (nSPS) is 11.5. The smallest absolute Gasteiger partial charge is 0.251 e. The first-order valence-electron chi connectivity index (χ1n) is 8.55. The number of amides is 2. The lowest BCUT2D eigenvalue weighted by atomic mass is 10.1. The van der Waals surface area contributed by atoms with E-state index in [9.17, 15) is 9.59 Å². The van der Waals surface area contributed by atoms with Crippen molar-refractivity contribution in [3.63, 3.8) is 0 Å². The maximum atomic E-state index is 12.3. The molecular weight excluding hydrogens is 330 g/mol. The topological polar surface area (TPSA) is 79.5 Å². The Morgan fingerprint density at radius 2 is 1.73 bits per heavy atom. The highest BCUT2D eigenvalue weighted by molar-refractivity contribution is 5.94. The van der Waals surface area contributed by atoms with Gasteiger partial charge in [-0.05, 0) is 36.8 Å². The third-order valence-electron chi connectivity index (χ3n) is 3.88. The van der Waals surface area contributed by atoms with Gasteiger partial charge >= 0.3 is 0 Å². The Morgan fingerprint density at radius 1 is 1.04 bits per heavy atom. The van der Waals surface area contributed by atoms with Gasteiger partial charge in [-0.25, -0.2) is 0 Å². The second kappa shape index (κ2) is 10.2. The molecule has 0 aliphatic carbocycles. The third kappa shape index (κ3) is 6.22. The van der Waals surface area contributed by atoms with Gasteiger partial charge in [-0.3, -0.25) is 9.59 Å². The second-order valence-corrected chi connectivity index (χ2v) is 5.88. The number of carbonyl (C=O) groups excluding carboxylic acids is 2. The average molecular weight is 355 g/mol. The predicted molar refractivity (Wildman–Crippen MR) is 102 cm³/mol. The van der Waals surface area contributed by atoms with Gasteiger partial charge in [0.05, 0.1) is 19.2 Å². The molecule has 0 saturated heterocycles. The molecule has 0 radical (unpaired) electrons. The number of anilines is 1. The molecule has 2 rings (SSSR count). The van der Waals surface area contributed by atoms with Crippen LogP contribution < -0.4 is 16.0 Å². The first kappa shape index (κ1) is 19.5. The number of nitrogens with one attached hydrogen (secondary N) is 3. The minimum atomic E-state index is -0.134. The Balaban J connectivity index is 1.82. The van der Waals surface area contributed by atoms with E-state index in [1.165, 1.54) is 0 Å². The van der Waals surface area contributed by atoms with E-state index in [-0.39, 0.29) is 24.4 Å². The molecule has 0 saturated carbocycles. The molecular formula is C20H25N3O3. The minimum Gasteiger partial charge on any atom is -0.383 e. The zero-order valence-electron chi connectivity index (χ0n) is 15.1. The van der Waals surface area contributed by atoms with Crippen molar-refractivity contribution in [1.82, 2.24) is 10.6 Å². The quantitative estimate of drug-likeness (QED) is 0.603. The van der Waals surface area contributed by atoms with Crippen LogP contribution in [0.15, 0.2) is 54.6 Å². The van der Waals surface area contributed by atoms with Gasteiger partial charge in [-0.1, -0.05) is 30.3 Å². The van der Waals surface area contributed by atoms with E-state index in [2.05, 4.69) is 16.0 Å². The summed E-state index contributed by atoms with van der Waals surface area (Å²) >= 11 is 0. The van der Waals surface area contributed by atoms with Crippen molar-refractivity contribution in [3.8, 4) is 0 Å². The SMILES string of the molecule is COCCNC(=O)CNc1ccc(C(=O)NC(C)c2ccccc2)cc1. The van der Waals surface area contributed by atoms with Gasteiger partial charge in [0.1, 0.15) is 0 Å². The molecule has 2 aromatic rings. The molecule has 0 heterocycles. The Bertz CT molecular complexity index is 702. The van der Waals surface area contributed by atoms with Gasteiger partial charge in [0.15, 0.2) is 0 Å². The van der Waals surface area contributed by atoms with Gasteiger partial charge < -0.3 is 20.7 Å². The lowest BCUT2D eigenvalue weighted by Gasteiger charge is -2.14. The van der Waals surface area contributed by atoms with E-state index in [0.29, 0.717) is 18.7 Å². The minimum absolute atomic E-state index is 0.0719. The standard InChI is InChI=1S/C20H25N3O3/c1-15(16-6-4-3-5-7-16)23-20(25)17-8-10-18(11-9-17)22-14-19(24)21-12-13-26-2/h3-11,15,22H,12-14H2,1-2H3,(H,21,24)(H,23,25). The van der Waals surface area contributed by atoms with E-state index in [4.69, 9.17) is 4.74 Å². The molecule has 0 aromatic heterocycles. The largest absolute Gasteiger partial charge is 0.383 e. The fraction of sp³-hybridized carbons (Fsp3) is 0.300. The molecule has 0 spiro atoms. The fourth-order valence-electron chi connectivity index (χ4n) is 2.38. The molecule has 0 fully saturated rings. The van der Waals surface area contributed by atoms with Crippen LogP contribution in [0.3, 0.4) is 0 Å². The Morgan fingerprint density at radius 3 is 2.38 bits per heavy atom. The zero-order chi connectivity index (χ0) is 18.8. The zero-order valence-corrected chi connectivity index (χ0v) is 15.1.